The molecule has 0 unspecified atom stereocenters. The molecule has 0 bridgehead atoms. The summed E-state index contributed by atoms with van der Waals surface area (Å²) in [6, 6.07) is 15.5. The summed E-state index contributed by atoms with van der Waals surface area (Å²) in [5.74, 6) is 0.285. The highest BCUT2D eigenvalue weighted by molar-refractivity contribution is 6.18. The van der Waals surface area contributed by atoms with Crippen LogP contribution >= 0.6 is 11.6 Å². The summed E-state index contributed by atoms with van der Waals surface area (Å²) in [4.78, 5) is 2.28. The molecule has 1 aliphatic rings. The number of aryl methyl sites for hydroxylation is 3. The lowest BCUT2D eigenvalue weighted by Crippen LogP contribution is -2.41. The number of β-amino-alcohol motifs (C(OH)–C–C–N with tert-alkyl or cyclic N) is 1. The number of benzene rings is 2. The van der Waals surface area contributed by atoms with Gasteiger partial charge in [0, 0.05) is 30.9 Å². The fourth-order valence-corrected chi connectivity index (χ4v) is 4.68. The molecule has 0 aromatic heterocycles. The van der Waals surface area contributed by atoms with Crippen LogP contribution in [0.25, 0.3) is 0 Å². The molecule has 1 heterocycles. The maximum absolute atomic E-state index is 10.4. The minimum absolute atomic E-state index is 0.104. The first kappa shape index (κ1) is 26.2. The Morgan fingerprint density at radius 1 is 0.939 bits per heavy atom. The highest BCUT2D eigenvalue weighted by atomic mass is 35.5. The standard InChI is InChI=1S/C28H40ClNO3/c1-21-18-25(11-7-23(21)8-13-26(31)19-29)28(2,3)24-9-4-22(5-10-24)6-12-27(32)20-30-14-16-33-17-15-30/h4-5,7,9-11,18,26-27,31-32H,6,8,12-17,19-20H2,1-3H3/t26-,27-/m0/s1. The topological polar surface area (TPSA) is 52.9 Å². The molecular formula is C28H40ClNO3. The van der Waals surface area contributed by atoms with Gasteiger partial charge >= 0.3 is 0 Å². The van der Waals surface area contributed by atoms with Gasteiger partial charge < -0.3 is 14.9 Å². The van der Waals surface area contributed by atoms with Crippen LogP contribution in [0.5, 0.6) is 0 Å². The van der Waals surface area contributed by atoms with Gasteiger partial charge in [0.25, 0.3) is 0 Å². The lowest BCUT2D eigenvalue weighted by molar-refractivity contribution is 0.0133. The summed E-state index contributed by atoms with van der Waals surface area (Å²) in [6.45, 7) is 10.8. The van der Waals surface area contributed by atoms with Crippen molar-refractivity contribution in [2.24, 2.45) is 0 Å². The van der Waals surface area contributed by atoms with Crippen molar-refractivity contribution < 1.29 is 14.9 Å². The predicted molar refractivity (Wildman–Crippen MR) is 136 cm³/mol. The van der Waals surface area contributed by atoms with Crippen molar-refractivity contribution in [3.63, 3.8) is 0 Å². The Bertz CT molecular complexity index is 862. The number of hydrogen-bond donors (Lipinski definition) is 2. The van der Waals surface area contributed by atoms with Gasteiger partial charge in [-0.15, -0.1) is 11.6 Å². The average molecular weight is 474 g/mol. The summed E-state index contributed by atoms with van der Waals surface area (Å²) in [5, 5.41) is 20.2. The van der Waals surface area contributed by atoms with Gasteiger partial charge in [-0.1, -0.05) is 56.3 Å². The number of aliphatic hydroxyl groups excluding tert-OH is 2. The minimum atomic E-state index is -0.443. The van der Waals surface area contributed by atoms with E-state index < -0.39 is 6.10 Å². The Labute approximate surface area is 204 Å². The van der Waals surface area contributed by atoms with Crippen molar-refractivity contribution in [1.82, 2.24) is 4.90 Å². The largest absolute Gasteiger partial charge is 0.392 e. The van der Waals surface area contributed by atoms with E-state index in [-0.39, 0.29) is 17.4 Å². The molecule has 1 saturated heterocycles. The maximum atomic E-state index is 10.4. The molecule has 5 heteroatoms. The SMILES string of the molecule is Cc1cc(C(C)(C)c2ccc(CC[C@H](O)CN3CCOCC3)cc2)ccc1CC[C@H](O)CCl. The van der Waals surface area contributed by atoms with Gasteiger partial charge in [-0.25, -0.2) is 0 Å². The molecule has 33 heavy (non-hydrogen) atoms. The van der Waals surface area contributed by atoms with E-state index in [2.05, 4.69) is 68.1 Å². The first-order valence-electron chi connectivity index (χ1n) is 12.2. The van der Waals surface area contributed by atoms with Crippen molar-refractivity contribution in [2.75, 3.05) is 38.7 Å². The minimum Gasteiger partial charge on any atom is -0.392 e. The smallest absolute Gasteiger partial charge is 0.0678 e. The molecule has 2 aromatic carbocycles. The van der Waals surface area contributed by atoms with Crippen LogP contribution in [0.2, 0.25) is 0 Å². The molecule has 2 aromatic rings. The van der Waals surface area contributed by atoms with Gasteiger partial charge in [-0.2, -0.15) is 0 Å². The summed E-state index contributed by atoms with van der Waals surface area (Å²) in [7, 11) is 0. The van der Waals surface area contributed by atoms with E-state index >= 15 is 0 Å². The van der Waals surface area contributed by atoms with Crippen molar-refractivity contribution >= 4 is 11.6 Å². The van der Waals surface area contributed by atoms with Crippen molar-refractivity contribution in [3.8, 4) is 0 Å². The molecular weight excluding hydrogens is 434 g/mol. The van der Waals surface area contributed by atoms with Gasteiger partial charge in [-0.3, -0.25) is 4.90 Å². The number of aliphatic hydroxyl groups is 2. The van der Waals surface area contributed by atoms with Crippen LogP contribution in [0.15, 0.2) is 42.5 Å². The fourth-order valence-electron chi connectivity index (χ4n) is 4.53. The molecule has 1 fully saturated rings. The van der Waals surface area contributed by atoms with E-state index in [4.69, 9.17) is 16.3 Å². The zero-order valence-electron chi connectivity index (χ0n) is 20.4. The summed E-state index contributed by atoms with van der Waals surface area (Å²) in [6.07, 6.45) is 2.45. The van der Waals surface area contributed by atoms with E-state index in [0.717, 1.165) is 52.1 Å². The molecule has 0 spiro atoms. The number of rotatable bonds is 11. The third-order valence-electron chi connectivity index (χ3n) is 7.00. The first-order chi connectivity index (χ1) is 15.8. The predicted octanol–water partition coefficient (Wildman–Crippen LogP) is 4.48. The van der Waals surface area contributed by atoms with Crippen LogP contribution < -0.4 is 0 Å². The second kappa shape index (κ2) is 12.3. The van der Waals surface area contributed by atoms with Gasteiger partial charge in [0.1, 0.15) is 0 Å². The van der Waals surface area contributed by atoms with E-state index in [9.17, 15) is 10.2 Å². The van der Waals surface area contributed by atoms with Gasteiger partial charge in [0.05, 0.1) is 25.4 Å². The molecule has 2 atom stereocenters. The van der Waals surface area contributed by atoms with Crippen LogP contribution in [0.4, 0.5) is 0 Å². The normalized spacial score (nSPS) is 17.2. The van der Waals surface area contributed by atoms with Crippen LogP contribution in [0.3, 0.4) is 0 Å². The number of nitrogens with zero attached hydrogens (tertiary/aromatic N) is 1. The number of halogens is 1. The Morgan fingerprint density at radius 3 is 2.21 bits per heavy atom. The highest BCUT2D eigenvalue weighted by Gasteiger charge is 2.24. The van der Waals surface area contributed by atoms with Gasteiger partial charge in [0.15, 0.2) is 0 Å². The molecule has 1 aliphatic heterocycles. The Kier molecular flexibility index (Phi) is 9.78. The summed E-state index contributed by atoms with van der Waals surface area (Å²) < 4.78 is 5.38. The second-order valence-corrected chi connectivity index (χ2v) is 10.2. The average Bonchev–Trinajstić information content (AvgIpc) is 2.82. The molecule has 182 valence electrons. The van der Waals surface area contributed by atoms with Gasteiger partial charge in [0.2, 0.25) is 0 Å². The van der Waals surface area contributed by atoms with Crippen LogP contribution in [-0.2, 0) is 23.0 Å². The van der Waals surface area contributed by atoms with E-state index in [0.29, 0.717) is 6.42 Å². The summed E-state index contributed by atoms with van der Waals surface area (Å²) in [5.41, 5.74) is 6.26. The molecule has 4 nitrogen and oxygen atoms in total. The van der Waals surface area contributed by atoms with Crippen LogP contribution in [0.1, 0.15) is 54.5 Å². The maximum Gasteiger partial charge on any atom is 0.0678 e. The highest BCUT2D eigenvalue weighted by Crippen LogP contribution is 2.33. The van der Waals surface area contributed by atoms with Gasteiger partial charge in [-0.05, 0) is 60.4 Å². The first-order valence-corrected chi connectivity index (χ1v) is 12.7. The quantitative estimate of drug-likeness (QED) is 0.472. The third kappa shape index (κ3) is 7.53. The number of hydrogen-bond acceptors (Lipinski definition) is 4. The number of ether oxygens (including phenoxy) is 1. The number of alkyl halides is 1. The fraction of sp³-hybridized carbons (Fsp3) is 0.571. The van der Waals surface area contributed by atoms with E-state index in [1.54, 1.807) is 0 Å². The van der Waals surface area contributed by atoms with Crippen molar-refractivity contribution in [3.05, 3.63) is 70.3 Å². The summed E-state index contributed by atoms with van der Waals surface area (Å²) >= 11 is 5.73. The zero-order chi connectivity index (χ0) is 23.8. The van der Waals surface area contributed by atoms with E-state index in [1.807, 2.05) is 0 Å². The second-order valence-electron chi connectivity index (χ2n) is 9.92. The van der Waals surface area contributed by atoms with Crippen molar-refractivity contribution in [2.45, 2.75) is 64.1 Å². The molecule has 0 aliphatic carbocycles. The Balaban J connectivity index is 1.57. The zero-order valence-corrected chi connectivity index (χ0v) is 21.2. The monoisotopic (exact) mass is 473 g/mol. The lowest BCUT2D eigenvalue weighted by atomic mass is 9.77. The Hall–Kier alpha value is -1.43. The molecule has 2 N–H and O–H groups in total. The Morgan fingerprint density at radius 2 is 1.58 bits per heavy atom. The molecule has 0 radical (unpaired) electrons. The van der Waals surface area contributed by atoms with Crippen molar-refractivity contribution in [1.29, 1.82) is 0 Å². The molecule has 0 amide bonds. The third-order valence-corrected chi connectivity index (χ3v) is 7.36. The van der Waals surface area contributed by atoms with Crippen LogP contribution in [0, 0.1) is 6.92 Å². The number of morpholine rings is 1. The molecule has 0 saturated carbocycles. The van der Waals surface area contributed by atoms with E-state index in [1.165, 1.54) is 27.8 Å². The van der Waals surface area contributed by atoms with Crippen LogP contribution in [-0.4, -0.2) is 66.0 Å². The molecule has 3 rings (SSSR count). The lowest BCUT2D eigenvalue weighted by Gasteiger charge is -2.28.